The molecule has 0 bridgehead atoms. The fourth-order valence-electron chi connectivity index (χ4n) is 2.49. The summed E-state index contributed by atoms with van der Waals surface area (Å²) in [5, 5.41) is 0. The smallest absolute Gasteiger partial charge is 0.363 e. The second kappa shape index (κ2) is 8.27. The van der Waals surface area contributed by atoms with Crippen LogP contribution in [0.4, 0.5) is 0 Å². The van der Waals surface area contributed by atoms with Crippen LogP contribution in [0.25, 0.3) is 6.08 Å². The number of carbonyl (C=O) groups excluding carboxylic acids is 1. The molecule has 0 spiro atoms. The van der Waals surface area contributed by atoms with Crippen molar-refractivity contribution in [2.45, 2.75) is 0 Å². The van der Waals surface area contributed by atoms with Gasteiger partial charge in [-0.05, 0) is 24.3 Å². The van der Waals surface area contributed by atoms with E-state index in [1.807, 2.05) is 30.3 Å². The van der Waals surface area contributed by atoms with Crippen molar-refractivity contribution in [1.29, 1.82) is 0 Å². The lowest BCUT2D eigenvalue weighted by Crippen LogP contribution is -2.13. The standard InChI is InChI=1S/C20H19NO6/c1-23-16-11-18(25-3)17(24-2)10-13(16)9-15-20(22)27-19(21-15)12-26-14-7-5-4-6-8-14/h4-11H,12H2,1-3H3/b15-9-. The van der Waals surface area contributed by atoms with Crippen molar-refractivity contribution < 1.29 is 28.5 Å². The van der Waals surface area contributed by atoms with Crippen molar-refractivity contribution in [2.75, 3.05) is 27.9 Å². The molecule has 7 nitrogen and oxygen atoms in total. The first-order valence-corrected chi connectivity index (χ1v) is 8.14. The Morgan fingerprint density at radius 2 is 1.63 bits per heavy atom. The van der Waals surface area contributed by atoms with Gasteiger partial charge in [0.15, 0.2) is 23.8 Å². The zero-order valence-corrected chi connectivity index (χ0v) is 15.2. The molecule has 0 saturated heterocycles. The minimum Gasteiger partial charge on any atom is -0.496 e. The van der Waals surface area contributed by atoms with Crippen LogP contribution in [-0.4, -0.2) is 39.8 Å². The molecule has 0 fully saturated rings. The predicted octanol–water partition coefficient (Wildman–Crippen LogP) is 3.09. The van der Waals surface area contributed by atoms with E-state index in [0.717, 1.165) is 0 Å². The maximum absolute atomic E-state index is 12.1. The third-order valence-corrected chi connectivity index (χ3v) is 3.80. The van der Waals surface area contributed by atoms with E-state index < -0.39 is 5.97 Å². The summed E-state index contributed by atoms with van der Waals surface area (Å²) in [7, 11) is 4.59. The van der Waals surface area contributed by atoms with Crippen LogP contribution in [0.3, 0.4) is 0 Å². The summed E-state index contributed by atoms with van der Waals surface area (Å²) in [5.41, 5.74) is 0.753. The van der Waals surface area contributed by atoms with Crippen LogP contribution in [0.15, 0.2) is 53.2 Å². The van der Waals surface area contributed by atoms with E-state index in [1.54, 1.807) is 18.2 Å². The normalized spacial score (nSPS) is 14.6. The number of carbonyl (C=O) groups is 1. The number of methoxy groups -OCH3 is 3. The number of cyclic esters (lactones) is 1. The summed E-state index contributed by atoms with van der Waals surface area (Å²) in [6, 6.07) is 12.6. The molecule has 0 radical (unpaired) electrons. The first-order chi connectivity index (χ1) is 13.1. The SMILES string of the molecule is COc1cc(OC)c(OC)cc1/C=C1\N=C(COc2ccccc2)OC1=O. The lowest BCUT2D eigenvalue weighted by Gasteiger charge is -2.12. The highest BCUT2D eigenvalue weighted by atomic mass is 16.6. The Bertz CT molecular complexity index is 889. The van der Waals surface area contributed by atoms with Gasteiger partial charge in [-0.2, -0.15) is 0 Å². The van der Waals surface area contributed by atoms with Gasteiger partial charge >= 0.3 is 5.97 Å². The van der Waals surface area contributed by atoms with E-state index in [9.17, 15) is 4.79 Å². The number of benzene rings is 2. The molecule has 2 aromatic carbocycles. The van der Waals surface area contributed by atoms with Gasteiger partial charge in [0.1, 0.15) is 11.5 Å². The Hall–Kier alpha value is -3.48. The molecule has 0 amide bonds. The predicted molar refractivity (Wildman–Crippen MR) is 99.5 cm³/mol. The molecule has 0 aromatic heterocycles. The maximum Gasteiger partial charge on any atom is 0.363 e. The maximum atomic E-state index is 12.1. The minimum atomic E-state index is -0.557. The van der Waals surface area contributed by atoms with Gasteiger partial charge in [-0.25, -0.2) is 9.79 Å². The molecule has 7 heteroatoms. The van der Waals surface area contributed by atoms with Gasteiger partial charge in [-0.3, -0.25) is 0 Å². The number of nitrogens with zero attached hydrogens (tertiary/aromatic N) is 1. The van der Waals surface area contributed by atoms with Crippen LogP contribution in [-0.2, 0) is 9.53 Å². The zero-order chi connectivity index (χ0) is 19.2. The van der Waals surface area contributed by atoms with E-state index in [1.165, 1.54) is 21.3 Å². The highest BCUT2D eigenvalue weighted by molar-refractivity contribution is 6.07. The van der Waals surface area contributed by atoms with Crippen LogP contribution < -0.4 is 18.9 Å². The average molecular weight is 369 g/mol. The van der Waals surface area contributed by atoms with Gasteiger partial charge in [0, 0.05) is 11.6 Å². The lowest BCUT2D eigenvalue weighted by atomic mass is 10.1. The average Bonchev–Trinajstić information content (AvgIpc) is 3.06. The highest BCUT2D eigenvalue weighted by Gasteiger charge is 2.24. The minimum absolute atomic E-state index is 0.0517. The van der Waals surface area contributed by atoms with Crippen molar-refractivity contribution in [3.8, 4) is 23.0 Å². The van der Waals surface area contributed by atoms with Crippen LogP contribution in [0.2, 0.25) is 0 Å². The first kappa shape index (κ1) is 18.3. The molecule has 27 heavy (non-hydrogen) atoms. The van der Waals surface area contributed by atoms with E-state index in [0.29, 0.717) is 28.6 Å². The molecule has 140 valence electrons. The number of hydrogen-bond donors (Lipinski definition) is 0. The fourth-order valence-corrected chi connectivity index (χ4v) is 2.49. The molecule has 0 atom stereocenters. The number of aliphatic imine (C=N–C) groups is 1. The van der Waals surface area contributed by atoms with Gasteiger partial charge in [-0.15, -0.1) is 0 Å². The molecular weight excluding hydrogens is 350 g/mol. The summed E-state index contributed by atoms with van der Waals surface area (Å²) in [6.07, 6.45) is 1.57. The fraction of sp³-hybridized carbons (Fsp3) is 0.200. The Balaban J connectivity index is 1.83. The van der Waals surface area contributed by atoms with Crippen LogP contribution in [0.1, 0.15) is 5.56 Å². The van der Waals surface area contributed by atoms with E-state index in [2.05, 4.69) is 4.99 Å². The summed E-state index contributed by atoms with van der Waals surface area (Å²) in [4.78, 5) is 16.3. The largest absolute Gasteiger partial charge is 0.496 e. The van der Waals surface area contributed by atoms with Gasteiger partial charge < -0.3 is 23.7 Å². The van der Waals surface area contributed by atoms with E-state index >= 15 is 0 Å². The van der Waals surface area contributed by atoms with Crippen LogP contribution in [0, 0.1) is 0 Å². The van der Waals surface area contributed by atoms with Crippen LogP contribution in [0.5, 0.6) is 23.0 Å². The number of para-hydroxylation sites is 1. The Kier molecular flexibility index (Phi) is 5.61. The number of hydrogen-bond acceptors (Lipinski definition) is 7. The third kappa shape index (κ3) is 4.20. The first-order valence-electron chi connectivity index (χ1n) is 8.14. The zero-order valence-electron chi connectivity index (χ0n) is 15.2. The molecule has 0 saturated carbocycles. The van der Waals surface area contributed by atoms with E-state index in [4.69, 9.17) is 23.7 Å². The summed E-state index contributed by atoms with van der Waals surface area (Å²) >= 11 is 0. The third-order valence-electron chi connectivity index (χ3n) is 3.80. The Morgan fingerprint density at radius 1 is 0.963 bits per heavy atom. The molecule has 1 heterocycles. The lowest BCUT2D eigenvalue weighted by molar-refractivity contribution is -0.130. The number of ether oxygens (including phenoxy) is 5. The van der Waals surface area contributed by atoms with Gasteiger partial charge in [-0.1, -0.05) is 18.2 Å². The second-order valence-corrected chi connectivity index (χ2v) is 5.48. The van der Waals surface area contributed by atoms with Crippen molar-refractivity contribution in [2.24, 2.45) is 4.99 Å². The van der Waals surface area contributed by atoms with Gasteiger partial charge in [0.25, 0.3) is 0 Å². The second-order valence-electron chi connectivity index (χ2n) is 5.48. The molecule has 1 aliphatic rings. The quantitative estimate of drug-likeness (QED) is 0.551. The summed E-state index contributed by atoms with van der Waals surface area (Å²) < 4.78 is 26.6. The van der Waals surface area contributed by atoms with Gasteiger partial charge in [0.2, 0.25) is 5.90 Å². The molecule has 0 aliphatic carbocycles. The molecular formula is C20H19NO6. The van der Waals surface area contributed by atoms with Crippen molar-refractivity contribution in [1.82, 2.24) is 0 Å². The van der Waals surface area contributed by atoms with Crippen molar-refractivity contribution >= 4 is 17.9 Å². The van der Waals surface area contributed by atoms with Crippen LogP contribution >= 0.6 is 0 Å². The molecule has 0 N–H and O–H groups in total. The summed E-state index contributed by atoms with van der Waals surface area (Å²) in [6.45, 7) is 0.0517. The highest BCUT2D eigenvalue weighted by Crippen LogP contribution is 2.36. The van der Waals surface area contributed by atoms with E-state index in [-0.39, 0.29) is 18.2 Å². The Morgan fingerprint density at radius 3 is 2.30 bits per heavy atom. The van der Waals surface area contributed by atoms with Crippen molar-refractivity contribution in [3.05, 3.63) is 53.7 Å². The van der Waals surface area contributed by atoms with Crippen molar-refractivity contribution in [3.63, 3.8) is 0 Å². The molecule has 1 aliphatic heterocycles. The monoisotopic (exact) mass is 369 g/mol. The molecule has 2 aromatic rings. The topological polar surface area (TPSA) is 75.6 Å². The number of rotatable bonds is 7. The van der Waals surface area contributed by atoms with Gasteiger partial charge in [0.05, 0.1) is 21.3 Å². The molecule has 0 unspecified atom stereocenters. The number of esters is 1. The molecule has 3 rings (SSSR count). The summed E-state index contributed by atoms with van der Waals surface area (Å²) in [5.74, 6) is 1.83. The Labute approximate surface area is 156 Å².